The molecule has 3 nitrogen and oxygen atoms in total. The van der Waals surface area contributed by atoms with Crippen molar-refractivity contribution >= 4 is 10.1 Å². The predicted molar refractivity (Wildman–Crippen MR) is 84.2 cm³/mol. The maximum absolute atomic E-state index is 13.6. The highest BCUT2D eigenvalue weighted by atomic mass is 32.2. The topological polar surface area (TPSA) is 54.4 Å². The third kappa shape index (κ3) is 2.34. The lowest BCUT2D eigenvalue weighted by atomic mass is 9.80. The Morgan fingerprint density at radius 3 is 2.21 bits per heavy atom. The highest BCUT2D eigenvalue weighted by molar-refractivity contribution is 7.86. The van der Waals surface area contributed by atoms with Gasteiger partial charge in [-0.15, -0.1) is 0 Å². The number of aryl methyl sites for hydroxylation is 1. The number of hydrogen-bond acceptors (Lipinski definition) is 2. The van der Waals surface area contributed by atoms with Gasteiger partial charge in [0.2, 0.25) is 4.75 Å². The molecule has 7 heteroatoms. The molecule has 3 rings (SSSR count). The zero-order valence-electron chi connectivity index (χ0n) is 12.8. The summed E-state index contributed by atoms with van der Waals surface area (Å²) in [5.41, 5.74) is 2.27. The van der Waals surface area contributed by atoms with Crippen molar-refractivity contribution in [2.45, 2.75) is 30.7 Å². The van der Waals surface area contributed by atoms with Crippen LogP contribution in [0.3, 0.4) is 0 Å². The summed E-state index contributed by atoms with van der Waals surface area (Å²) in [5, 5.41) is 0. The van der Waals surface area contributed by atoms with Crippen LogP contribution in [0.2, 0.25) is 0 Å². The Balaban J connectivity index is 2.33. The Morgan fingerprint density at radius 1 is 0.958 bits per heavy atom. The van der Waals surface area contributed by atoms with E-state index in [0.29, 0.717) is 24.5 Å². The van der Waals surface area contributed by atoms with Crippen molar-refractivity contribution in [1.82, 2.24) is 0 Å². The molecule has 24 heavy (non-hydrogen) atoms. The van der Waals surface area contributed by atoms with E-state index in [1.165, 1.54) is 6.07 Å². The first-order valence-corrected chi connectivity index (χ1v) is 8.76. The molecule has 1 atom stereocenters. The average molecular weight is 356 g/mol. The third-order valence-corrected chi connectivity index (χ3v) is 6.18. The Labute approximate surface area is 137 Å². The van der Waals surface area contributed by atoms with Gasteiger partial charge < -0.3 is 0 Å². The number of hydrogen-bond donors (Lipinski definition) is 1. The Morgan fingerprint density at radius 2 is 1.58 bits per heavy atom. The van der Waals surface area contributed by atoms with E-state index in [9.17, 15) is 26.1 Å². The second-order valence-corrected chi connectivity index (χ2v) is 7.76. The molecule has 0 heterocycles. The molecule has 0 amide bonds. The van der Waals surface area contributed by atoms with Crippen molar-refractivity contribution in [1.29, 1.82) is 0 Å². The zero-order valence-corrected chi connectivity index (χ0v) is 13.6. The van der Waals surface area contributed by atoms with Gasteiger partial charge in [0, 0.05) is 0 Å². The number of fused-ring (bicyclic) bond motifs is 3. The summed E-state index contributed by atoms with van der Waals surface area (Å²) in [7, 11) is -5.41. The predicted octanol–water partition coefficient (Wildman–Crippen LogP) is 4.12. The molecule has 1 unspecified atom stereocenters. The van der Waals surface area contributed by atoms with Gasteiger partial charge in [0.25, 0.3) is 10.1 Å². The number of alkyl halides is 3. The lowest BCUT2D eigenvalue weighted by Gasteiger charge is -2.33. The van der Waals surface area contributed by atoms with Crippen LogP contribution in [0.15, 0.2) is 42.5 Å². The first-order chi connectivity index (χ1) is 11.1. The van der Waals surface area contributed by atoms with E-state index in [4.69, 9.17) is 0 Å². The molecule has 2 aromatic rings. The minimum atomic E-state index is -5.41. The van der Waals surface area contributed by atoms with E-state index in [0.717, 1.165) is 17.2 Å². The summed E-state index contributed by atoms with van der Waals surface area (Å²) in [6.45, 7) is 0.512. The summed E-state index contributed by atoms with van der Waals surface area (Å²) in [6, 6.07) is 11.5. The second-order valence-electron chi connectivity index (χ2n) is 5.99. The van der Waals surface area contributed by atoms with Crippen LogP contribution in [0.5, 0.6) is 0 Å². The van der Waals surface area contributed by atoms with Gasteiger partial charge in [-0.25, -0.2) is 0 Å². The van der Waals surface area contributed by atoms with Crippen molar-refractivity contribution in [3.05, 3.63) is 59.2 Å². The van der Waals surface area contributed by atoms with Crippen molar-refractivity contribution in [2.24, 2.45) is 0 Å². The van der Waals surface area contributed by atoms with E-state index in [-0.39, 0.29) is 6.42 Å². The molecule has 0 fully saturated rings. The van der Waals surface area contributed by atoms with Crippen LogP contribution in [0.25, 0.3) is 11.1 Å². The summed E-state index contributed by atoms with van der Waals surface area (Å²) in [5.74, 6) is 0. The Bertz CT molecular complexity index is 904. The van der Waals surface area contributed by atoms with Crippen molar-refractivity contribution < 1.29 is 26.1 Å². The molecule has 1 aliphatic carbocycles. The molecule has 1 aliphatic rings. The van der Waals surface area contributed by atoms with Crippen LogP contribution in [0.1, 0.15) is 23.6 Å². The maximum atomic E-state index is 13.6. The van der Waals surface area contributed by atoms with Crippen LogP contribution >= 0.6 is 0 Å². The Kier molecular flexibility index (Phi) is 3.77. The summed E-state index contributed by atoms with van der Waals surface area (Å²) in [6.07, 6.45) is -4.35. The van der Waals surface area contributed by atoms with E-state index < -0.39 is 26.6 Å². The Hall–Kier alpha value is -1.86. The van der Waals surface area contributed by atoms with Crippen LogP contribution in [0, 0.1) is 0 Å². The molecule has 0 radical (unpaired) electrons. The molecule has 0 saturated carbocycles. The van der Waals surface area contributed by atoms with Gasteiger partial charge in [0.1, 0.15) is 0 Å². The molecule has 0 aliphatic heterocycles. The smallest absolute Gasteiger partial charge is 0.285 e. The normalized spacial score (nSPS) is 16.9. The van der Waals surface area contributed by atoms with Crippen molar-refractivity contribution in [3.8, 4) is 11.1 Å². The fraction of sp³-hybridized carbons (Fsp3) is 0.294. The summed E-state index contributed by atoms with van der Waals surface area (Å²) in [4.78, 5) is 0. The van der Waals surface area contributed by atoms with E-state index in [2.05, 4.69) is 0 Å². The minimum absolute atomic E-state index is 0.281. The molecule has 0 saturated heterocycles. The fourth-order valence-electron chi connectivity index (χ4n) is 3.25. The standard InChI is InChI=1S/C17H15F3O3S/c1-16(17(18,19)20,24(21,22)23)15-8-4-7-13-12-6-3-2-5-11(12)9-10-14(13)15/h2-8H,9-10H2,1H3,(H,21,22,23). The van der Waals surface area contributed by atoms with Gasteiger partial charge in [-0.1, -0.05) is 42.5 Å². The van der Waals surface area contributed by atoms with Crippen molar-refractivity contribution in [3.63, 3.8) is 0 Å². The molecule has 1 N–H and O–H groups in total. The van der Waals surface area contributed by atoms with Gasteiger partial charge in [0.05, 0.1) is 0 Å². The zero-order chi connectivity index (χ0) is 17.8. The molecule has 0 aromatic heterocycles. The SMILES string of the molecule is CC(c1cccc2c1CCc1ccccc1-2)(C(F)(F)F)S(=O)(=O)O. The van der Waals surface area contributed by atoms with Gasteiger partial charge >= 0.3 is 6.18 Å². The fourth-order valence-corrected chi connectivity index (χ4v) is 4.02. The first kappa shape index (κ1) is 17.0. The third-order valence-electron chi connectivity index (χ3n) is 4.70. The van der Waals surface area contributed by atoms with Crippen LogP contribution in [-0.4, -0.2) is 19.1 Å². The first-order valence-electron chi connectivity index (χ1n) is 7.32. The van der Waals surface area contributed by atoms with Crippen molar-refractivity contribution in [2.75, 3.05) is 0 Å². The number of benzene rings is 2. The molecule has 0 spiro atoms. The minimum Gasteiger partial charge on any atom is -0.285 e. The number of halogens is 3. The monoisotopic (exact) mass is 356 g/mol. The van der Waals surface area contributed by atoms with Gasteiger partial charge in [-0.3, -0.25) is 4.55 Å². The average Bonchev–Trinajstić information content (AvgIpc) is 2.51. The largest absolute Gasteiger partial charge is 0.414 e. The summed E-state index contributed by atoms with van der Waals surface area (Å²) < 4.78 is 70.2. The molecule has 2 aromatic carbocycles. The molecule has 128 valence electrons. The lowest BCUT2D eigenvalue weighted by Crippen LogP contribution is -2.47. The van der Waals surface area contributed by atoms with Gasteiger partial charge in [0.15, 0.2) is 0 Å². The highest BCUT2D eigenvalue weighted by Gasteiger charge is 2.62. The van der Waals surface area contributed by atoms with Crippen LogP contribution < -0.4 is 0 Å². The van der Waals surface area contributed by atoms with Crippen LogP contribution in [0.4, 0.5) is 13.2 Å². The molecular formula is C17H15F3O3S. The quantitative estimate of drug-likeness (QED) is 0.824. The van der Waals surface area contributed by atoms with Crippen LogP contribution in [-0.2, 0) is 27.7 Å². The highest BCUT2D eigenvalue weighted by Crippen LogP contribution is 2.48. The number of rotatable bonds is 2. The second kappa shape index (κ2) is 5.32. The van der Waals surface area contributed by atoms with E-state index >= 15 is 0 Å². The molecule has 0 bridgehead atoms. The van der Waals surface area contributed by atoms with Gasteiger partial charge in [-0.05, 0) is 47.6 Å². The maximum Gasteiger partial charge on any atom is 0.414 e. The van der Waals surface area contributed by atoms with Gasteiger partial charge in [-0.2, -0.15) is 21.6 Å². The van der Waals surface area contributed by atoms with E-state index in [1.807, 2.05) is 12.1 Å². The lowest BCUT2D eigenvalue weighted by molar-refractivity contribution is -0.161. The summed E-state index contributed by atoms with van der Waals surface area (Å²) >= 11 is 0. The molecular weight excluding hydrogens is 341 g/mol. The van der Waals surface area contributed by atoms with E-state index in [1.54, 1.807) is 18.2 Å².